The predicted molar refractivity (Wildman–Crippen MR) is 143 cm³/mol. The van der Waals surface area contributed by atoms with Crippen LogP contribution < -0.4 is 19.8 Å². The number of amides is 1. The van der Waals surface area contributed by atoms with Gasteiger partial charge < -0.3 is 13.9 Å². The summed E-state index contributed by atoms with van der Waals surface area (Å²) in [7, 11) is 0. The van der Waals surface area contributed by atoms with Crippen LogP contribution in [-0.4, -0.2) is 24.1 Å². The number of pyridine rings is 1. The molecule has 0 saturated heterocycles. The van der Waals surface area contributed by atoms with Crippen molar-refractivity contribution in [2.24, 2.45) is 0 Å². The molecule has 2 aromatic heterocycles. The fraction of sp³-hybridized carbons (Fsp3) is 0.300. The van der Waals surface area contributed by atoms with Crippen LogP contribution >= 0.6 is 0 Å². The number of hydrogen-bond acceptors (Lipinski definition) is 6. The lowest BCUT2D eigenvalue weighted by Gasteiger charge is -2.25. The lowest BCUT2D eigenvalue weighted by molar-refractivity contribution is 0.0970. The van der Waals surface area contributed by atoms with Crippen LogP contribution in [0.5, 0.6) is 11.5 Å². The molecule has 1 atom stereocenters. The van der Waals surface area contributed by atoms with Crippen LogP contribution in [0.25, 0.3) is 11.0 Å². The van der Waals surface area contributed by atoms with Crippen molar-refractivity contribution in [3.05, 3.63) is 93.5 Å². The molecule has 0 bridgehead atoms. The van der Waals surface area contributed by atoms with Gasteiger partial charge in [0.2, 0.25) is 5.76 Å². The molecule has 1 unspecified atom stereocenters. The first kappa shape index (κ1) is 24.6. The second kappa shape index (κ2) is 10.5. The molecule has 190 valence electrons. The van der Waals surface area contributed by atoms with Gasteiger partial charge in [0.05, 0.1) is 30.2 Å². The van der Waals surface area contributed by atoms with Crippen molar-refractivity contribution in [3.63, 3.8) is 0 Å². The normalized spacial score (nSPS) is 14.7. The number of ether oxygens (including phenoxy) is 2. The van der Waals surface area contributed by atoms with Gasteiger partial charge in [-0.3, -0.25) is 14.5 Å². The number of nitrogens with zero attached hydrogens (tertiary/aromatic N) is 2. The maximum Gasteiger partial charge on any atom is 0.296 e. The Labute approximate surface area is 215 Å². The van der Waals surface area contributed by atoms with Gasteiger partial charge in [0.1, 0.15) is 11.4 Å². The Morgan fingerprint density at radius 3 is 2.59 bits per heavy atom. The minimum atomic E-state index is -0.730. The van der Waals surface area contributed by atoms with Gasteiger partial charge in [0.25, 0.3) is 5.91 Å². The van der Waals surface area contributed by atoms with Gasteiger partial charge in [-0.05, 0) is 62.2 Å². The number of carbonyl (C=O) groups excluding carboxylic acids is 1. The number of rotatable bonds is 9. The van der Waals surface area contributed by atoms with E-state index in [2.05, 4.69) is 11.9 Å². The Hall–Kier alpha value is -4.13. The first-order valence-corrected chi connectivity index (χ1v) is 12.7. The molecule has 0 N–H and O–H groups in total. The van der Waals surface area contributed by atoms with E-state index >= 15 is 0 Å². The number of hydrogen-bond donors (Lipinski definition) is 0. The quantitative estimate of drug-likeness (QED) is 0.255. The third-order valence-corrected chi connectivity index (χ3v) is 6.51. The van der Waals surface area contributed by atoms with Gasteiger partial charge >= 0.3 is 0 Å². The molecule has 0 aliphatic carbocycles. The zero-order valence-corrected chi connectivity index (χ0v) is 21.3. The van der Waals surface area contributed by atoms with Crippen molar-refractivity contribution in [1.82, 2.24) is 4.98 Å². The maximum atomic E-state index is 13.8. The van der Waals surface area contributed by atoms with Gasteiger partial charge in [-0.15, -0.1) is 0 Å². The van der Waals surface area contributed by atoms with E-state index in [0.717, 1.165) is 24.8 Å². The Bertz CT molecular complexity index is 1500. The molecule has 37 heavy (non-hydrogen) atoms. The second-order valence-corrected chi connectivity index (χ2v) is 9.13. The molecule has 4 aromatic rings. The summed E-state index contributed by atoms with van der Waals surface area (Å²) in [4.78, 5) is 33.5. The van der Waals surface area contributed by atoms with Crippen molar-refractivity contribution >= 4 is 22.7 Å². The standard InChI is InChI=1S/C30H30N2O5/c1-4-6-9-16-36-23-14-12-20(18-24(23)35-5-2)27-26-28(33)21-17-19(3)11-13-22(21)37-29(26)30(34)32(27)25-10-7-8-15-31-25/h7-8,10-15,17-18,27H,4-6,9,16H2,1-3H3. The van der Waals surface area contributed by atoms with E-state index in [1.54, 1.807) is 30.5 Å². The first-order chi connectivity index (χ1) is 18.0. The largest absolute Gasteiger partial charge is 0.490 e. The Morgan fingerprint density at radius 1 is 0.973 bits per heavy atom. The zero-order valence-electron chi connectivity index (χ0n) is 21.3. The van der Waals surface area contributed by atoms with Crippen LogP contribution in [0, 0.1) is 6.92 Å². The molecular weight excluding hydrogens is 468 g/mol. The predicted octanol–water partition coefficient (Wildman–Crippen LogP) is 6.21. The number of aromatic nitrogens is 1. The summed E-state index contributed by atoms with van der Waals surface area (Å²) < 4.78 is 18.0. The number of aryl methyl sites for hydroxylation is 1. The minimum Gasteiger partial charge on any atom is -0.490 e. The van der Waals surface area contributed by atoms with E-state index in [1.165, 1.54) is 4.90 Å². The van der Waals surface area contributed by atoms with E-state index in [-0.39, 0.29) is 11.2 Å². The molecule has 5 rings (SSSR count). The minimum absolute atomic E-state index is 0.0369. The summed E-state index contributed by atoms with van der Waals surface area (Å²) in [6, 6.07) is 15.6. The summed E-state index contributed by atoms with van der Waals surface area (Å²) in [5.74, 6) is 1.27. The number of anilines is 1. The third kappa shape index (κ3) is 4.57. The summed E-state index contributed by atoms with van der Waals surface area (Å²) in [6.07, 6.45) is 4.77. The van der Waals surface area contributed by atoms with Crippen LogP contribution in [0.2, 0.25) is 0 Å². The molecule has 0 fully saturated rings. The van der Waals surface area contributed by atoms with Crippen molar-refractivity contribution < 1.29 is 18.7 Å². The number of unbranched alkanes of at least 4 members (excludes halogenated alkanes) is 2. The molecule has 0 saturated carbocycles. The fourth-order valence-electron chi connectivity index (χ4n) is 4.75. The summed E-state index contributed by atoms with van der Waals surface area (Å²) in [6.45, 7) is 7.02. The molecule has 1 aliphatic heterocycles. The molecule has 2 aromatic carbocycles. The second-order valence-electron chi connectivity index (χ2n) is 9.13. The van der Waals surface area contributed by atoms with Gasteiger partial charge in [-0.2, -0.15) is 0 Å². The molecule has 0 spiro atoms. The van der Waals surface area contributed by atoms with Gasteiger partial charge in [0.15, 0.2) is 16.9 Å². The van der Waals surface area contributed by atoms with Gasteiger partial charge in [-0.25, -0.2) is 4.98 Å². The highest BCUT2D eigenvalue weighted by Gasteiger charge is 2.44. The molecular formula is C30H30N2O5. The highest BCUT2D eigenvalue weighted by molar-refractivity contribution is 6.10. The summed E-state index contributed by atoms with van der Waals surface area (Å²) in [5.41, 5.74) is 2.10. The van der Waals surface area contributed by atoms with E-state index in [4.69, 9.17) is 13.9 Å². The molecule has 1 aliphatic rings. The van der Waals surface area contributed by atoms with Gasteiger partial charge in [-0.1, -0.05) is 43.5 Å². The van der Waals surface area contributed by atoms with E-state index in [9.17, 15) is 9.59 Å². The average Bonchev–Trinajstić information content (AvgIpc) is 3.21. The first-order valence-electron chi connectivity index (χ1n) is 12.7. The Balaban J connectivity index is 1.67. The van der Waals surface area contributed by atoms with Crippen molar-refractivity contribution in [3.8, 4) is 11.5 Å². The number of fused-ring (bicyclic) bond motifs is 2. The van der Waals surface area contributed by atoms with E-state index in [1.807, 2.05) is 44.2 Å². The lowest BCUT2D eigenvalue weighted by atomic mass is 9.97. The zero-order chi connectivity index (χ0) is 25.9. The monoisotopic (exact) mass is 498 g/mol. The Morgan fingerprint density at radius 2 is 1.84 bits per heavy atom. The summed E-state index contributed by atoms with van der Waals surface area (Å²) >= 11 is 0. The maximum absolute atomic E-state index is 13.8. The van der Waals surface area contributed by atoms with Crippen LogP contribution in [0.1, 0.15) is 66.4 Å². The van der Waals surface area contributed by atoms with Crippen LogP contribution in [-0.2, 0) is 0 Å². The lowest BCUT2D eigenvalue weighted by Crippen LogP contribution is -2.30. The van der Waals surface area contributed by atoms with Gasteiger partial charge in [0, 0.05) is 6.20 Å². The van der Waals surface area contributed by atoms with E-state index < -0.39 is 11.9 Å². The molecule has 1 amide bonds. The highest BCUT2D eigenvalue weighted by atomic mass is 16.5. The average molecular weight is 499 g/mol. The SMILES string of the molecule is CCCCCOc1ccc(C2c3c(oc4ccc(C)cc4c3=O)C(=O)N2c2ccccn2)cc1OCC. The Kier molecular flexibility index (Phi) is 6.95. The number of carbonyl (C=O) groups is 1. The fourth-order valence-corrected chi connectivity index (χ4v) is 4.75. The molecule has 3 heterocycles. The highest BCUT2D eigenvalue weighted by Crippen LogP contribution is 2.42. The molecule has 7 nitrogen and oxygen atoms in total. The smallest absolute Gasteiger partial charge is 0.296 e. The van der Waals surface area contributed by atoms with Crippen molar-refractivity contribution in [1.29, 1.82) is 0 Å². The van der Waals surface area contributed by atoms with Crippen LogP contribution in [0.4, 0.5) is 5.82 Å². The number of benzene rings is 2. The third-order valence-electron chi connectivity index (χ3n) is 6.51. The topological polar surface area (TPSA) is 81.9 Å². The van der Waals surface area contributed by atoms with Crippen LogP contribution in [0.3, 0.4) is 0 Å². The van der Waals surface area contributed by atoms with Crippen LogP contribution in [0.15, 0.2) is 70.0 Å². The molecule has 7 heteroatoms. The summed E-state index contributed by atoms with van der Waals surface area (Å²) in [5, 5.41) is 0.445. The van der Waals surface area contributed by atoms with E-state index in [0.29, 0.717) is 52.6 Å². The molecule has 0 radical (unpaired) electrons. The van der Waals surface area contributed by atoms with Crippen molar-refractivity contribution in [2.45, 2.75) is 46.1 Å². The van der Waals surface area contributed by atoms with Crippen molar-refractivity contribution in [2.75, 3.05) is 18.1 Å².